The van der Waals surface area contributed by atoms with E-state index in [1.165, 1.54) is 5.82 Å². The molecule has 0 radical (unpaired) electrons. The molecule has 2 aliphatic heterocycles. The predicted molar refractivity (Wildman–Crippen MR) is 94.3 cm³/mol. The number of hydrogen-bond acceptors (Lipinski definition) is 4. The van der Waals surface area contributed by atoms with Crippen LogP contribution in [0, 0.1) is 0 Å². The lowest BCUT2D eigenvalue weighted by atomic mass is 9.99. The molecule has 2 amide bonds. The van der Waals surface area contributed by atoms with Crippen molar-refractivity contribution in [1.82, 2.24) is 4.67 Å². The van der Waals surface area contributed by atoms with Crippen molar-refractivity contribution in [3.05, 3.63) is 70.5 Å². The first-order chi connectivity index (χ1) is 12.0. The summed E-state index contributed by atoms with van der Waals surface area (Å²) in [5.41, 5.74) is 2.10. The summed E-state index contributed by atoms with van der Waals surface area (Å²) < 4.78 is 19.9. The standard InChI is InChI=1S/C18H13ClNO4P/c19-13-6-7-16-14(10-13)15(12-4-2-1-3-5-12)11-25(23,24-16)20-17(21)8-9-18(20)22/h1-7,10-11H,8-9H2/t25-/m1/s1. The summed E-state index contributed by atoms with van der Waals surface area (Å²) >= 11 is 6.10. The molecule has 0 aliphatic carbocycles. The van der Waals surface area contributed by atoms with Crippen molar-refractivity contribution in [2.24, 2.45) is 0 Å². The highest BCUT2D eigenvalue weighted by Gasteiger charge is 2.46. The van der Waals surface area contributed by atoms with Crippen LogP contribution in [-0.4, -0.2) is 16.5 Å². The highest BCUT2D eigenvalue weighted by Crippen LogP contribution is 2.60. The van der Waals surface area contributed by atoms with E-state index in [0.717, 1.165) is 10.2 Å². The van der Waals surface area contributed by atoms with E-state index in [9.17, 15) is 14.2 Å². The van der Waals surface area contributed by atoms with E-state index >= 15 is 0 Å². The van der Waals surface area contributed by atoms with E-state index in [-0.39, 0.29) is 12.8 Å². The number of halogens is 1. The Hall–Kier alpha value is -2.36. The molecule has 1 fully saturated rings. The van der Waals surface area contributed by atoms with E-state index in [2.05, 4.69) is 0 Å². The van der Waals surface area contributed by atoms with E-state index in [1.807, 2.05) is 30.3 Å². The molecular formula is C18H13ClNO4P. The molecule has 2 aliphatic rings. The zero-order valence-electron chi connectivity index (χ0n) is 13.0. The molecule has 0 saturated carbocycles. The van der Waals surface area contributed by atoms with Gasteiger partial charge >= 0.3 is 7.52 Å². The van der Waals surface area contributed by atoms with Crippen LogP contribution in [0.4, 0.5) is 0 Å². The first kappa shape index (κ1) is 16.1. The molecule has 2 heterocycles. The van der Waals surface area contributed by atoms with Crippen LogP contribution in [0.15, 0.2) is 54.3 Å². The quantitative estimate of drug-likeness (QED) is 0.575. The van der Waals surface area contributed by atoms with Gasteiger partial charge < -0.3 is 4.52 Å². The average Bonchev–Trinajstić information content (AvgIpc) is 2.95. The van der Waals surface area contributed by atoms with Crippen molar-refractivity contribution in [3.63, 3.8) is 0 Å². The van der Waals surface area contributed by atoms with Crippen molar-refractivity contribution < 1.29 is 18.7 Å². The lowest BCUT2D eigenvalue weighted by Gasteiger charge is -2.30. The number of fused-ring (bicyclic) bond motifs is 1. The molecule has 1 atom stereocenters. The number of nitrogens with zero attached hydrogens (tertiary/aromatic N) is 1. The minimum absolute atomic E-state index is 0.0498. The number of carbonyl (C=O) groups is 2. The van der Waals surface area contributed by atoms with E-state index in [1.54, 1.807) is 18.2 Å². The molecule has 1 saturated heterocycles. The summed E-state index contributed by atoms with van der Waals surface area (Å²) in [5.74, 6) is 0.771. The van der Waals surface area contributed by atoms with Crippen LogP contribution in [-0.2, 0) is 14.2 Å². The fourth-order valence-electron chi connectivity index (χ4n) is 3.01. The normalized spacial score (nSPS) is 22.4. The Morgan fingerprint density at radius 1 is 1.00 bits per heavy atom. The summed E-state index contributed by atoms with van der Waals surface area (Å²) in [7, 11) is -3.81. The molecule has 0 unspecified atom stereocenters. The minimum Gasteiger partial charge on any atom is -0.425 e. The van der Waals surface area contributed by atoms with Crippen molar-refractivity contribution in [2.45, 2.75) is 12.8 Å². The first-order valence-corrected chi connectivity index (χ1v) is 9.74. The van der Waals surface area contributed by atoms with Crippen molar-refractivity contribution in [1.29, 1.82) is 0 Å². The van der Waals surface area contributed by atoms with Crippen LogP contribution in [0.3, 0.4) is 0 Å². The van der Waals surface area contributed by atoms with Gasteiger partial charge in [0.15, 0.2) is 0 Å². The molecule has 2 aromatic carbocycles. The second-order valence-electron chi connectivity index (χ2n) is 5.80. The van der Waals surface area contributed by atoms with Gasteiger partial charge in [0.1, 0.15) is 5.75 Å². The molecule has 25 heavy (non-hydrogen) atoms. The van der Waals surface area contributed by atoms with Gasteiger partial charge in [0.05, 0.1) is 0 Å². The summed E-state index contributed by atoms with van der Waals surface area (Å²) in [5, 5.41) is 0.509. The van der Waals surface area contributed by atoms with Crippen molar-refractivity contribution >= 4 is 36.5 Å². The lowest BCUT2D eigenvalue weighted by molar-refractivity contribution is -0.132. The Balaban J connectivity index is 1.93. The Kier molecular flexibility index (Phi) is 3.78. The van der Waals surface area contributed by atoms with Gasteiger partial charge in [0.25, 0.3) is 0 Å². The number of carbonyl (C=O) groups excluding carboxylic acids is 2. The van der Waals surface area contributed by atoms with Crippen LogP contribution in [0.2, 0.25) is 5.02 Å². The molecule has 0 aromatic heterocycles. The highest BCUT2D eigenvalue weighted by atomic mass is 35.5. The van der Waals surface area contributed by atoms with Gasteiger partial charge in [-0.2, -0.15) is 4.67 Å². The monoisotopic (exact) mass is 373 g/mol. The third kappa shape index (κ3) is 2.70. The van der Waals surface area contributed by atoms with E-state index < -0.39 is 19.3 Å². The zero-order chi connectivity index (χ0) is 17.6. The predicted octanol–water partition coefficient (Wildman–Crippen LogP) is 4.46. The Morgan fingerprint density at radius 3 is 2.36 bits per heavy atom. The van der Waals surface area contributed by atoms with Crippen LogP contribution in [0.25, 0.3) is 5.57 Å². The molecule has 126 valence electrons. The van der Waals surface area contributed by atoms with E-state index in [4.69, 9.17) is 16.1 Å². The number of rotatable bonds is 2. The van der Waals surface area contributed by atoms with Gasteiger partial charge in [-0.3, -0.25) is 9.59 Å². The largest absolute Gasteiger partial charge is 0.425 e. The maximum absolute atomic E-state index is 13.4. The maximum Gasteiger partial charge on any atom is 0.376 e. The second-order valence-corrected chi connectivity index (χ2v) is 8.21. The number of benzene rings is 2. The fourth-order valence-corrected chi connectivity index (χ4v) is 5.31. The summed E-state index contributed by atoms with van der Waals surface area (Å²) in [6.45, 7) is 0. The summed E-state index contributed by atoms with van der Waals surface area (Å²) in [4.78, 5) is 24.2. The van der Waals surface area contributed by atoms with Gasteiger partial charge in [-0.15, -0.1) is 0 Å². The highest BCUT2D eigenvalue weighted by molar-refractivity contribution is 7.62. The lowest BCUT2D eigenvalue weighted by Crippen LogP contribution is -2.28. The number of amides is 2. The van der Waals surface area contributed by atoms with Gasteiger partial charge in [-0.05, 0) is 23.8 Å². The zero-order valence-corrected chi connectivity index (χ0v) is 14.7. The second kappa shape index (κ2) is 5.87. The number of hydrogen-bond donors (Lipinski definition) is 0. The molecule has 0 spiro atoms. The van der Waals surface area contributed by atoms with E-state index in [0.29, 0.717) is 21.9 Å². The molecule has 0 bridgehead atoms. The Bertz CT molecular complexity index is 954. The third-order valence-corrected chi connectivity index (χ3v) is 6.42. The molecular weight excluding hydrogens is 361 g/mol. The SMILES string of the molecule is O=C1CCC(=O)N1[P@@]1(=O)C=C(c2ccccc2)c2cc(Cl)ccc2O1. The van der Waals surface area contributed by atoms with Crippen LogP contribution >= 0.6 is 19.1 Å². The molecule has 0 N–H and O–H groups in total. The molecule has 2 aromatic rings. The van der Waals surface area contributed by atoms with Crippen LogP contribution in [0.5, 0.6) is 5.75 Å². The molecule has 5 nitrogen and oxygen atoms in total. The summed E-state index contributed by atoms with van der Waals surface area (Å²) in [6, 6.07) is 14.2. The maximum atomic E-state index is 13.4. The van der Waals surface area contributed by atoms with Crippen molar-refractivity contribution in [2.75, 3.05) is 0 Å². The third-order valence-electron chi connectivity index (χ3n) is 4.14. The number of imide groups is 1. The average molecular weight is 374 g/mol. The van der Waals surface area contributed by atoms with Gasteiger partial charge in [-0.1, -0.05) is 41.9 Å². The Labute approximate surface area is 149 Å². The topological polar surface area (TPSA) is 63.7 Å². The molecule has 4 rings (SSSR count). The first-order valence-electron chi connectivity index (χ1n) is 7.72. The molecule has 7 heteroatoms. The van der Waals surface area contributed by atoms with Gasteiger partial charge in [0.2, 0.25) is 11.8 Å². The summed E-state index contributed by atoms with van der Waals surface area (Å²) in [6.07, 6.45) is 0.0995. The fraction of sp³-hybridized carbons (Fsp3) is 0.111. The Morgan fingerprint density at radius 2 is 1.68 bits per heavy atom. The smallest absolute Gasteiger partial charge is 0.376 e. The minimum atomic E-state index is -3.81. The van der Waals surface area contributed by atoms with Crippen LogP contribution in [0.1, 0.15) is 24.0 Å². The van der Waals surface area contributed by atoms with Gasteiger partial charge in [-0.25, -0.2) is 4.57 Å². The van der Waals surface area contributed by atoms with Crippen LogP contribution < -0.4 is 4.52 Å². The van der Waals surface area contributed by atoms with Gasteiger partial charge in [0, 0.05) is 34.8 Å². The van der Waals surface area contributed by atoms with Crippen molar-refractivity contribution in [3.8, 4) is 5.75 Å².